The van der Waals surface area contributed by atoms with Gasteiger partial charge in [-0.3, -0.25) is 9.97 Å². The van der Waals surface area contributed by atoms with Crippen molar-refractivity contribution in [1.82, 2.24) is 15.3 Å². The van der Waals surface area contributed by atoms with Gasteiger partial charge in [-0.1, -0.05) is 17.7 Å². The van der Waals surface area contributed by atoms with E-state index in [1.165, 1.54) is 0 Å². The third-order valence-electron chi connectivity index (χ3n) is 2.42. The molecule has 0 aliphatic carbocycles. The predicted octanol–water partition coefficient (Wildman–Crippen LogP) is 2.73. The van der Waals surface area contributed by atoms with E-state index in [1.54, 1.807) is 12.4 Å². The van der Waals surface area contributed by atoms with Crippen LogP contribution in [0.15, 0.2) is 36.7 Å². The van der Waals surface area contributed by atoms with E-state index in [0.717, 1.165) is 30.0 Å². The number of aryl methyl sites for hydroxylation is 1. The first kappa shape index (κ1) is 12.0. The highest BCUT2D eigenvalue weighted by atomic mass is 35.5. The molecule has 0 amide bonds. The van der Waals surface area contributed by atoms with Gasteiger partial charge in [-0.05, 0) is 30.7 Å². The van der Waals surface area contributed by atoms with Crippen molar-refractivity contribution in [1.29, 1.82) is 0 Å². The Morgan fingerprint density at radius 2 is 2.12 bits per heavy atom. The molecule has 17 heavy (non-hydrogen) atoms. The Morgan fingerprint density at radius 3 is 2.88 bits per heavy atom. The zero-order valence-electron chi connectivity index (χ0n) is 9.65. The molecule has 0 aromatic carbocycles. The molecule has 88 valence electrons. The number of aromatic nitrogens is 2. The van der Waals surface area contributed by atoms with E-state index in [2.05, 4.69) is 15.3 Å². The monoisotopic (exact) mass is 247 g/mol. The van der Waals surface area contributed by atoms with Crippen LogP contribution in [-0.4, -0.2) is 9.97 Å². The van der Waals surface area contributed by atoms with E-state index in [4.69, 9.17) is 11.6 Å². The summed E-state index contributed by atoms with van der Waals surface area (Å²) in [6.07, 6.45) is 3.40. The van der Waals surface area contributed by atoms with Gasteiger partial charge < -0.3 is 5.32 Å². The third kappa shape index (κ3) is 3.51. The lowest BCUT2D eigenvalue weighted by Crippen LogP contribution is -2.14. The molecule has 0 aliphatic rings. The number of nitrogens with one attached hydrogen (secondary N) is 1. The second kappa shape index (κ2) is 5.75. The summed E-state index contributed by atoms with van der Waals surface area (Å²) in [5, 5.41) is 4.00. The molecule has 0 saturated heterocycles. The quantitative estimate of drug-likeness (QED) is 0.903. The van der Waals surface area contributed by atoms with Crippen molar-refractivity contribution in [2.45, 2.75) is 20.0 Å². The standard InChI is InChI=1S/C13H14ClN3/c1-10-3-2-4-12(17-10)8-16-7-11-5-6-15-9-13(11)14/h2-6,9,16H,7-8H2,1H3. The molecule has 0 aliphatic heterocycles. The van der Waals surface area contributed by atoms with Gasteiger partial charge in [-0.15, -0.1) is 0 Å². The van der Waals surface area contributed by atoms with E-state index in [-0.39, 0.29) is 0 Å². The largest absolute Gasteiger partial charge is 0.307 e. The van der Waals surface area contributed by atoms with Gasteiger partial charge in [-0.25, -0.2) is 0 Å². The summed E-state index contributed by atoms with van der Waals surface area (Å²) >= 11 is 6.01. The highest BCUT2D eigenvalue weighted by molar-refractivity contribution is 6.31. The smallest absolute Gasteiger partial charge is 0.0634 e. The van der Waals surface area contributed by atoms with Crippen molar-refractivity contribution in [3.63, 3.8) is 0 Å². The van der Waals surface area contributed by atoms with E-state index in [1.807, 2.05) is 31.2 Å². The van der Waals surface area contributed by atoms with Crippen LogP contribution in [0, 0.1) is 6.92 Å². The molecule has 4 heteroatoms. The minimum absolute atomic E-state index is 0.692. The Hall–Kier alpha value is -1.45. The van der Waals surface area contributed by atoms with Crippen LogP contribution in [0.4, 0.5) is 0 Å². The van der Waals surface area contributed by atoms with Crippen molar-refractivity contribution < 1.29 is 0 Å². The highest BCUT2D eigenvalue weighted by Gasteiger charge is 1.99. The molecule has 3 nitrogen and oxygen atoms in total. The molecule has 2 aromatic heterocycles. The SMILES string of the molecule is Cc1cccc(CNCc2ccncc2Cl)n1. The summed E-state index contributed by atoms with van der Waals surface area (Å²) in [6, 6.07) is 7.93. The number of halogens is 1. The summed E-state index contributed by atoms with van der Waals surface area (Å²) < 4.78 is 0. The fourth-order valence-corrected chi connectivity index (χ4v) is 1.76. The van der Waals surface area contributed by atoms with Gasteiger partial charge >= 0.3 is 0 Å². The normalized spacial score (nSPS) is 10.5. The summed E-state index contributed by atoms with van der Waals surface area (Å²) in [5.41, 5.74) is 3.12. The lowest BCUT2D eigenvalue weighted by atomic mass is 10.2. The maximum Gasteiger partial charge on any atom is 0.0634 e. The average molecular weight is 248 g/mol. The van der Waals surface area contributed by atoms with Crippen LogP contribution in [0.25, 0.3) is 0 Å². The summed E-state index contributed by atoms with van der Waals surface area (Å²) in [6.45, 7) is 3.44. The lowest BCUT2D eigenvalue weighted by molar-refractivity contribution is 0.677. The van der Waals surface area contributed by atoms with E-state index in [0.29, 0.717) is 5.02 Å². The third-order valence-corrected chi connectivity index (χ3v) is 2.76. The molecule has 0 spiro atoms. The molecule has 0 fully saturated rings. The highest BCUT2D eigenvalue weighted by Crippen LogP contribution is 2.12. The summed E-state index contributed by atoms with van der Waals surface area (Å²) in [7, 11) is 0. The Labute approximate surface area is 106 Å². The second-order valence-corrected chi connectivity index (χ2v) is 4.25. The van der Waals surface area contributed by atoms with E-state index >= 15 is 0 Å². The minimum atomic E-state index is 0.692. The van der Waals surface area contributed by atoms with Crippen molar-refractivity contribution in [2.24, 2.45) is 0 Å². The Bertz CT molecular complexity index is 500. The Morgan fingerprint density at radius 1 is 1.24 bits per heavy atom. The van der Waals surface area contributed by atoms with Gasteiger partial charge in [0, 0.05) is 31.2 Å². The minimum Gasteiger partial charge on any atom is -0.307 e. The van der Waals surface area contributed by atoms with Crippen molar-refractivity contribution in [3.05, 3.63) is 58.6 Å². The van der Waals surface area contributed by atoms with Crippen LogP contribution < -0.4 is 5.32 Å². The molecule has 0 atom stereocenters. The zero-order chi connectivity index (χ0) is 12.1. The van der Waals surface area contributed by atoms with Crippen LogP contribution in [0.5, 0.6) is 0 Å². The van der Waals surface area contributed by atoms with Crippen LogP contribution in [0.1, 0.15) is 17.0 Å². The van der Waals surface area contributed by atoms with Gasteiger partial charge in [0.1, 0.15) is 0 Å². The maximum absolute atomic E-state index is 6.01. The van der Waals surface area contributed by atoms with Crippen LogP contribution in [-0.2, 0) is 13.1 Å². The van der Waals surface area contributed by atoms with Gasteiger partial charge in [0.05, 0.1) is 10.7 Å². The first-order chi connectivity index (χ1) is 8.25. The van der Waals surface area contributed by atoms with Gasteiger partial charge in [0.2, 0.25) is 0 Å². The topological polar surface area (TPSA) is 37.8 Å². The van der Waals surface area contributed by atoms with Gasteiger partial charge in [-0.2, -0.15) is 0 Å². The molecule has 0 radical (unpaired) electrons. The van der Waals surface area contributed by atoms with Crippen LogP contribution in [0.2, 0.25) is 5.02 Å². The van der Waals surface area contributed by atoms with Crippen LogP contribution >= 0.6 is 11.6 Å². The predicted molar refractivity (Wildman–Crippen MR) is 68.8 cm³/mol. The Balaban J connectivity index is 1.90. The zero-order valence-corrected chi connectivity index (χ0v) is 10.4. The van der Waals surface area contributed by atoms with Crippen LogP contribution in [0.3, 0.4) is 0 Å². The molecule has 2 rings (SSSR count). The molecular formula is C13H14ClN3. The number of hydrogen-bond donors (Lipinski definition) is 1. The molecule has 2 heterocycles. The maximum atomic E-state index is 6.01. The van der Waals surface area contributed by atoms with Gasteiger partial charge in [0.25, 0.3) is 0 Å². The second-order valence-electron chi connectivity index (χ2n) is 3.84. The molecule has 0 bridgehead atoms. The van der Waals surface area contributed by atoms with Crippen molar-refractivity contribution in [2.75, 3.05) is 0 Å². The summed E-state index contributed by atoms with van der Waals surface area (Å²) in [5.74, 6) is 0. The first-order valence-corrected chi connectivity index (χ1v) is 5.85. The molecular weight excluding hydrogens is 234 g/mol. The fourth-order valence-electron chi connectivity index (χ4n) is 1.57. The summed E-state index contributed by atoms with van der Waals surface area (Å²) in [4.78, 5) is 8.37. The Kier molecular flexibility index (Phi) is 4.07. The molecule has 2 aromatic rings. The average Bonchev–Trinajstić information content (AvgIpc) is 2.32. The number of nitrogens with zero attached hydrogens (tertiary/aromatic N) is 2. The van der Waals surface area contributed by atoms with Gasteiger partial charge in [0.15, 0.2) is 0 Å². The lowest BCUT2D eigenvalue weighted by Gasteiger charge is -2.06. The molecule has 0 unspecified atom stereocenters. The first-order valence-electron chi connectivity index (χ1n) is 5.47. The number of rotatable bonds is 4. The number of hydrogen-bond acceptors (Lipinski definition) is 3. The van der Waals surface area contributed by atoms with E-state index < -0.39 is 0 Å². The number of pyridine rings is 2. The fraction of sp³-hybridized carbons (Fsp3) is 0.231. The van der Waals surface area contributed by atoms with E-state index in [9.17, 15) is 0 Å². The molecule has 0 saturated carbocycles. The van der Waals surface area contributed by atoms with Crippen molar-refractivity contribution >= 4 is 11.6 Å². The molecule has 1 N–H and O–H groups in total. The van der Waals surface area contributed by atoms with Crippen molar-refractivity contribution in [3.8, 4) is 0 Å².